The fourth-order valence-corrected chi connectivity index (χ4v) is 1.41. The van der Waals surface area contributed by atoms with Crippen LogP contribution in [0.4, 0.5) is 5.82 Å². The largest absolute Gasteiger partial charge is 0.370 e. The minimum Gasteiger partial charge on any atom is -0.370 e. The smallest absolute Gasteiger partial charge is 0.126 e. The lowest BCUT2D eigenvalue weighted by Crippen LogP contribution is -2.15. The Kier molecular flexibility index (Phi) is 2.99. The molecule has 1 aromatic rings. The molecule has 0 saturated heterocycles. The number of aromatic nitrogens is 1. The second kappa shape index (κ2) is 4.42. The second-order valence-electron chi connectivity index (χ2n) is 3.73. The summed E-state index contributed by atoms with van der Waals surface area (Å²) in [6.45, 7) is 3.97. The van der Waals surface area contributed by atoms with E-state index in [1.165, 1.54) is 18.4 Å². The van der Waals surface area contributed by atoms with Crippen molar-refractivity contribution in [3.05, 3.63) is 23.9 Å². The summed E-state index contributed by atoms with van der Waals surface area (Å²) in [7, 11) is 0. The predicted molar refractivity (Wildman–Crippen MR) is 58.3 cm³/mol. The van der Waals surface area contributed by atoms with Crippen molar-refractivity contribution in [2.24, 2.45) is 0 Å². The van der Waals surface area contributed by atoms with Gasteiger partial charge in [-0.3, -0.25) is 0 Å². The molecule has 0 atom stereocenters. The van der Waals surface area contributed by atoms with Crippen molar-refractivity contribution in [2.45, 2.75) is 32.4 Å². The van der Waals surface area contributed by atoms with Gasteiger partial charge in [-0.25, -0.2) is 4.98 Å². The standard InChI is InChI=1S/C11H17N3/c1-2-12-11-7-9(5-6-13-11)8-14-10-3-4-10/h5-7,10,14H,2-4,8H2,1H3,(H,12,13). The van der Waals surface area contributed by atoms with Gasteiger partial charge in [-0.15, -0.1) is 0 Å². The van der Waals surface area contributed by atoms with Crippen LogP contribution < -0.4 is 10.6 Å². The minimum absolute atomic E-state index is 0.769. The first-order valence-corrected chi connectivity index (χ1v) is 5.30. The Morgan fingerprint density at radius 3 is 3.07 bits per heavy atom. The predicted octanol–water partition coefficient (Wildman–Crippen LogP) is 1.77. The van der Waals surface area contributed by atoms with E-state index in [0.29, 0.717) is 0 Å². The normalized spacial score (nSPS) is 15.5. The van der Waals surface area contributed by atoms with Crippen molar-refractivity contribution >= 4 is 5.82 Å². The summed E-state index contributed by atoms with van der Waals surface area (Å²) in [5, 5.41) is 6.70. The third kappa shape index (κ3) is 2.70. The fourth-order valence-electron chi connectivity index (χ4n) is 1.41. The lowest BCUT2D eigenvalue weighted by molar-refractivity contribution is 0.687. The van der Waals surface area contributed by atoms with Crippen LogP contribution in [0.1, 0.15) is 25.3 Å². The van der Waals surface area contributed by atoms with E-state index in [1.54, 1.807) is 0 Å². The molecule has 0 radical (unpaired) electrons. The maximum Gasteiger partial charge on any atom is 0.126 e. The van der Waals surface area contributed by atoms with Crippen LogP contribution in [0.15, 0.2) is 18.3 Å². The third-order valence-electron chi connectivity index (χ3n) is 2.35. The molecule has 0 aliphatic heterocycles. The van der Waals surface area contributed by atoms with Crippen molar-refractivity contribution in [3.63, 3.8) is 0 Å². The SMILES string of the molecule is CCNc1cc(CNC2CC2)ccn1. The molecule has 1 aromatic heterocycles. The van der Waals surface area contributed by atoms with E-state index in [1.807, 2.05) is 6.20 Å². The second-order valence-corrected chi connectivity index (χ2v) is 3.73. The molecule has 3 heteroatoms. The molecular formula is C11H17N3. The Hall–Kier alpha value is -1.09. The van der Waals surface area contributed by atoms with Gasteiger partial charge in [0.2, 0.25) is 0 Å². The summed E-state index contributed by atoms with van der Waals surface area (Å²) in [4.78, 5) is 4.23. The minimum atomic E-state index is 0.769. The molecule has 0 spiro atoms. The molecule has 0 unspecified atom stereocenters. The highest BCUT2D eigenvalue weighted by atomic mass is 15.0. The lowest BCUT2D eigenvalue weighted by atomic mass is 10.2. The van der Waals surface area contributed by atoms with Gasteiger partial charge in [0.25, 0.3) is 0 Å². The van der Waals surface area contributed by atoms with Crippen LogP contribution in [-0.4, -0.2) is 17.6 Å². The molecule has 1 fully saturated rings. The molecule has 14 heavy (non-hydrogen) atoms. The number of nitrogens with one attached hydrogen (secondary N) is 2. The van der Waals surface area contributed by atoms with Crippen molar-refractivity contribution < 1.29 is 0 Å². The molecule has 2 N–H and O–H groups in total. The average molecular weight is 191 g/mol. The molecule has 0 bridgehead atoms. The van der Waals surface area contributed by atoms with Gasteiger partial charge in [0.15, 0.2) is 0 Å². The van der Waals surface area contributed by atoms with E-state index in [0.717, 1.165) is 24.9 Å². The summed E-state index contributed by atoms with van der Waals surface area (Å²) >= 11 is 0. The monoisotopic (exact) mass is 191 g/mol. The van der Waals surface area contributed by atoms with Crippen LogP contribution in [0.2, 0.25) is 0 Å². The summed E-state index contributed by atoms with van der Waals surface area (Å²) in [5.74, 6) is 0.975. The lowest BCUT2D eigenvalue weighted by Gasteiger charge is -2.06. The average Bonchev–Trinajstić information content (AvgIpc) is 2.99. The third-order valence-corrected chi connectivity index (χ3v) is 2.35. The molecule has 0 amide bonds. The van der Waals surface area contributed by atoms with Gasteiger partial charge in [-0.05, 0) is 37.5 Å². The van der Waals surface area contributed by atoms with Gasteiger partial charge < -0.3 is 10.6 Å². The zero-order valence-electron chi connectivity index (χ0n) is 8.59. The first-order valence-electron chi connectivity index (χ1n) is 5.30. The van der Waals surface area contributed by atoms with Gasteiger partial charge in [0.1, 0.15) is 5.82 Å². The number of nitrogens with zero attached hydrogens (tertiary/aromatic N) is 1. The van der Waals surface area contributed by atoms with E-state index in [9.17, 15) is 0 Å². The van der Waals surface area contributed by atoms with E-state index < -0.39 is 0 Å². The van der Waals surface area contributed by atoms with Gasteiger partial charge in [-0.1, -0.05) is 0 Å². The topological polar surface area (TPSA) is 37.0 Å². The molecule has 0 aromatic carbocycles. The van der Waals surface area contributed by atoms with Crippen LogP contribution in [0.5, 0.6) is 0 Å². The van der Waals surface area contributed by atoms with E-state index in [-0.39, 0.29) is 0 Å². The summed E-state index contributed by atoms with van der Waals surface area (Å²) in [6, 6.07) is 4.94. The maximum absolute atomic E-state index is 4.23. The molecule has 1 aliphatic rings. The van der Waals surface area contributed by atoms with Crippen LogP contribution in [0.3, 0.4) is 0 Å². The Morgan fingerprint density at radius 1 is 1.50 bits per heavy atom. The molecular weight excluding hydrogens is 174 g/mol. The number of anilines is 1. The number of rotatable bonds is 5. The van der Waals surface area contributed by atoms with E-state index >= 15 is 0 Å². The van der Waals surface area contributed by atoms with Crippen molar-refractivity contribution in [1.29, 1.82) is 0 Å². The van der Waals surface area contributed by atoms with Crippen molar-refractivity contribution in [1.82, 2.24) is 10.3 Å². The summed E-state index contributed by atoms with van der Waals surface area (Å²) in [6.07, 6.45) is 4.54. The molecule has 76 valence electrons. The molecule has 2 rings (SSSR count). The van der Waals surface area contributed by atoms with Crippen LogP contribution >= 0.6 is 0 Å². The highest BCUT2D eigenvalue weighted by Crippen LogP contribution is 2.19. The van der Waals surface area contributed by atoms with E-state index in [2.05, 4.69) is 34.7 Å². The quantitative estimate of drug-likeness (QED) is 0.744. The fraction of sp³-hybridized carbons (Fsp3) is 0.545. The summed E-state index contributed by atoms with van der Waals surface area (Å²) in [5.41, 5.74) is 1.31. The number of hydrogen-bond acceptors (Lipinski definition) is 3. The Balaban J connectivity index is 1.90. The maximum atomic E-state index is 4.23. The summed E-state index contributed by atoms with van der Waals surface area (Å²) < 4.78 is 0. The van der Waals surface area contributed by atoms with Crippen molar-refractivity contribution in [3.8, 4) is 0 Å². The number of pyridine rings is 1. The molecule has 1 saturated carbocycles. The van der Waals surface area contributed by atoms with Crippen molar-refractivity contribution in [2.75, 3.05) is 11.9 Å². The first-order chi connectivity index (χ1) is 6.88. The first kappa shape index (κ1) is 9.46. The van der Waals surface area contributed by atoms with Gasteiger partial charge in [0.05, 0.1) is 0 Å². The zero-order chi connectivity index (χ0) is 9.80. The van der Waals surface area contributed by atoms with Gasteiger partial charge in [0, 0.05) is 25.3 Å². The Bertz CT molecular complexity index is 294. The number of hydrogen-bond donors (Lipinski definition) is 2. The van der Waals surface area contributed by atoms with Gasteiger partial charge in [-0.2, -0.15) is 0 Å². The van der Waals surface area contributed by atoms with Crippen LogP contribution in [-0.2, 0) is 6.54 Å². The highest BCUT2D eigenvalue weighted by Gasteiger charge is 2.19. The zero-order valence-corrected chi connectivity index (χ0v) is 8.59. The Labute approximate surface area is 84.9 Å². The molecule has 1 aliphatic carbocycles. The van der Waals surface area contributed by atoms with Crippen LogP contribution in [0.25, 0.3) is 0 Å². The Morgan fingerprint density at radius 2 is 2.36 bits per heavy atom. The molecule has 1 heterocycles. The van der Waals surface area contributed by atoms with E-state index in [4.69, 9.17) is 0 Å². The van der Waals surface area contributed by atoms with Gasteiger partial charge >= 0.3 is 0 Å². The highest BCUT2D eigenvalue weighted by molar-refractivity contribution is 5.37. The van der Waals surface area contributed by atoms with Crippen LogP contribution in [0, 0.1) is 0 Å². The molecule has 3 nitrogen and oxygen atoms in total.